The Morgan fingerprint density at radius 3 is 2.54 bits per heavy atom. The maximum absolute atomic E-state index is 12.5. The molecular weight excluding hydrogens is 376 g/mol. The van der Waals surface area contributed by atoms with Crippen LogP contribution in [0, 0.1) is 6.92 Å². The monoisotopic (exact) mass is 388 g/mol. The van der Waals surface area contributed by atoms with Crippen LogP contribution in [0.3, 0.4) is 0 Å². The number of amides is 2. The number of nitrogens with one attached hydrogen (secondary N) is 1. The van der Waals surface area contributed by atoms with E-state index in [1.807, 2.05) is 0 Å². The van der Waals surface area contributed by atoms with E-state index in [0.29, 0.717) is 21.8 Å². The van der Waals surface area contributed by atoms with Crippen molar-refractivity contribution >= 4 is 52.2 Å². The van der Waals surface area contributed by atoms with Crippen LogP contribution < -0.4 is 5.43 Å². The van der Waals surface area contributed by atoms with Crippen molar-refractivity contribution < 1.29 is 23.9 Å². The van der Waals surface area contributed by atoms with Crippen LogP contribution in [0.25, 0.3) is 6.08 Å². The fourth-order valence-corrected chi connectivity index (χ4v) is 3.40. The number of carboxylic acids is 1. The molecule has 0 radical (unpaired) electrons. The average Bonchev–Trinajstić information content (AvgIpc) is 3.14. The summed E-state index contributed by atoms with van der Waals surface area (Å²) in [6, 6.07) is 7.56. The topological polar surface area (TPSA) is 99.9 Å². The molecule has 3 rings (SSSR count). The van der Waals surface area contributed by atoms with Crippen molar-refractivity contribution in [2.24, 2.45) is 0 Å². The molecule has 0 bridgehead atoms. The number of aromatic carboxylic acids is 1. The lowest BCUT2D eigenvalue weighted by atomic mass is 10.1. The zero-order valence-corrected chi connectivity index (χ0v) is 15.0. The van der Waals surface area contributed by atoms with E-state index >= 15 is 0 Å². The van der Waals surface area contributed by atoms with Crippen molar-refractivity contribution in [2.75, 3.05) is 0 Å². The van der Waals surface area contributed by atoms with Gasteiger partial charge in [0.15, 0.2) is 4.32 Å². The van der Waals surface area contributed by atoms with E-state index in [4.69, 9.17) is 21.7 Å². The molecule has 2 N–H and O–H groups in total. The van der Waals surface area contributed by atoms with Crippen LogP contribution in [0.1, 0.15) is 32.0 Å². The summed E-state index contributed by atoms with van der Waals surface area (Å²) in [7, 11) is 0. The maximum atomic E-state index is 12.5. The molecule has 1 fully saturated rings. The number of rotatable bonds is 4. The highest BCUT2D eigenvalue weighted by atomic mass is 32.2. The van der Waals surface area contributed by atoms with E-state index in [-0.39, 0.29) is 9.88 Å². The third-order valence-corrected chi connectivity index (χ3v) is 4.87. The van der Waals surface area contributed by atoms with E-state index in [1.54, 1.807) is 25.1 Å². The highest BCUT2D eigenvalue weighted by molar-refractivity contribution is 8.26. The summed E-state index contributed by atoms with van der Waals surface area (Å²) in [5.41, 5.74) is 3.57. The van der Waals surface area contributed by atoms with Gasteiger partial charge in [-0.15, -0.1) is 0 Å². The number of hydrogen-bond acceptors (Lipinski definition) is 6. The fourth-order valence-electron chi connectivity index (χ4n) is 2.22. The van der Waals surface area contributed by atoms with Gasteiger partial charge in [-0.1, -0.05) is 23.9 Å². The van der Waals surface area contributed by atoms with Crippen LogP contribution >= 0.6 is 24.0 Å². The molecule has 0 aliphatic carbocycles. The predicted molar refractivity (Wildman–Crippen MR) is 99.3 cm³/mol. The SMILES string of the molecule is Cc1occc1C(=O)NN1C(=O)/C(=C\c2ccc(C(=O)O)cc2)SC1=S. The van der Waals surface area contributed by atoms with Gasteiger partial charge in [0.2, 0.25) is 0 Å². The molecule has 1 aromatic heterocycles. The Morgan fingerprint density at radius 1 is 1.27 bits per heavy atom. The summed E-state index contributed by atoms with van der Waals surface area (Å²) >= 11 is 6.20. The zero-order chi connectivity index (χ0) is 18.8. The second kappa shape index (κ2) is 7.14. The molecule has 1 aromatic carbocycles. The van der Waals surface area contributed by atoms with Gasteiger partial charge >= 0.3 is 5.97 Å². The van der Waals surface area contributed by atoms with Crippen molar-refractivity contribution in [2.45, 2.75) is 6.92 Å². The highest BCUT2D eigenvalue weighted by Crippen LogP contribution is 2.31. The lowest BCUT2D eigenvalue weighted by Gasteiger charge is -2.15. The number of hydrazine groups is 1. The van der Waals surface area contributed by atoms with E-state index in [2.05, 4.69) is 5.43 Å². The highest BCUT2D eigenvalue weighted by Gasteiger charge is 2.34. The first-order chi connectivity index (χ1) is 12.4. The molecule has 7 nitrogen and oxygen atoms in total. The number of aryl methyl sites for hydroxylation is 1. The first-order valence-corrected chi connectivity index (χ1v) is 8.55. The van der Waals surface area contributed by atoms with E-state index in [1.165, 1.54) is 24.5 Å². The summed E-state index contributed by atoms with van der Waals surface area (Å²) in [5.74, 6) is -1.56. The minimum absolute atomic E-state index is 0.150. The smallest absolute Gasteiger partial charge is 0.335 e. The number of nitrogens with zero attached hydrogens (tertiary/aromatic N) is 1. The molecule has 0 saturated carbocycles. The Labute approximate surface area is 157 Å². The number of thioether (sulfide) groups is 1. The van der Waals surface area contributed by atoms with Crippen molar-refractivity contribution in [1.29, 1.82) is 0 Å². The number of benzene rings is 1. The standard InChI is InChI=1S/C17H12N2O5S2/c1-9-12(6-7-24-9)14(20)18-19-15(21)13(26-17(19)25)8-10-2-4-11(5-3-10)16(22)23/h2-8H,1H3,(H,18,20)(H,22,23)/b13-8+. The molecule has 1 aliphatic rings. The van der Waals surface area contributed by atoms with Gasteiger partial charge < -0.3 is 9.52 Å². The Morgan fingerprint density at radius 2 is 1.96 bits per heavy atom. The zero-order valence-electron chi connectivity index (χ0n) is 13.4. The molecule has 2 amide bonds. The molecule has 26 heavy (non-hydrogen) atoms. The second-order valence-corrected chi connectivity index (χ2v) is 6.95. The molecular formula is C17H12N2O5S2. The molecule has 0 atom stereocenters. The molecule has 132 valence electrons. The Balaban J connectivity index is 1.77. The molecule has 9 heteroatoms. The number of carbonyl (C=O) groups is 3. The average molecular weight is 388 g/mol. The quantitative estimate of drug-likeness (QED) is 0.614. The minimum Gasteiger partial charge on any atom is -0.478 e. The number of thiocarbonyl (C=S) groups is 1. The summed E-state index contributed by atoms with van der Waals surface area (Å²) in [4.78, 5) is 35.9. The van der Waals surface area contributed by atoms with Crippen LogP contribution in [-0.2, 0) is 4.79 Å². The Bertz CT molecular complexity index is 946. The van der Waals surface area contributed by atoms with Gasteiger partial charge in [-0.05, 0) is 49.0 Å². The summed E-state index contributed by atoms with van der Waals surface area (Å²) < 4.78 is 5.27. The largest absolute Gasteiger partial charge is 0.478 e. The van der Waals surface area contributed by atoms with Gasteiger partial charge in [0.25, 0.3) is 11.8 Å². The van der Waals surface area contributed by atoms with Crippen molar-refractivity contribution in [3.63, 3.8) is 0 Å². The van der Waals surface area contributed by atoms with Gasteiger partial charge in [0.1, 0.15) is 5.76 Å². The maximum Gasteiger partial charge on any atom is 0.335 e. The van der Waals surface area contributed by atoms with Crippen LogP contribution in [0.4, 0.5) is 0 Å². The van der Waals surface area contributed by atoms with E-state index < -0.39 is 17.8 Å². The van der Waals surface area contributed by atoms with E-state index in [9.17, 15) is 14.4 Å². The van der Waals surface area contributed by atoms with Crippen LogP contribution in [0.2, 0.25) is 0 Å². The van der Waals surface area contributed by atoms with Gasteiger partial charge in [-0.3, -0.25) is 15.0 Å². The van der Waals surface area contributed by atoms with Crippen molar-refractivity contribution in [3.05, 3.63) is 64.0 Å². The summed E-state index contributed by atoms with van der Waals surface area (Å²) in [5, 5.41) is 9.92. The molecule has 0 unspecified atom stereocenters. The molecule has 1 saturated heterocycles. The number of carbonyl (C=O) groups excluding carboxylic acids is 2. The molecule has 2 aromatic rings. The second-order valence-electron chi connectivity index (χ2n) is 5.28. The van der Waals surface area contributed by atoms with Crippen LogP contribution in [0.5, 0.6) is 0 Å². The lowest BCUT2D eigenvalue weighted by Crippen LogP contribution is -2.44. The van der Waals surface area contributed by atoms with Gasteiger partial charge in [0, 0.05) is 0 Å². The Hall–Kier alpha value is -2.91. The van der Waals surface area contributed by atoms with Crippen LogP contribution in [-0.4, -0.2) is 32.2 Å². The molecule has 0 spiro atoms. The summed E-state index contributed by atoms with van der Waals surface area (Å²) in [6.45, 7) is 1.64. The number of carboxylic acid groups (broad SMARTS) is 1. The van der Waals surface area contributed by atoms with Gasteiger partial charge in [0.05, 0.1) is 22.3 Å². The van der Waals surface area contributed by atoms with Gasteiger partial charge in [-0.2, -0.15) is 5.01 Å². The first kappa shape index (κ1) is 17.9. The minimum atomic E-state index is -1.03. The Kier molecular flexibility index (Phi) is 4.92. The fraction of sp³-hybridized carbons (Fsp3) is 0.0588. The predicted octanol–water partition coefficient (Wildman–Crippen LogP) is 2.83. The number of hydrogen-bond donors (Lipinski definition) is 2. The first-order valence-electron chi connectivity index (χ1n) is 7.33. The third-order valence-electron chi connectivity index (χ3n) is 3.57. The van der Waals surface area contributed by atoms with Crippen LogP contribution in [0.15, 0.2) is 45.9 Å². The third kappa shape index (κ3) is 3.53. The lowest BCUT2D eigenvalue weighted by molar-refractivity contribution is -0.123. The van der Waals surface area contributed by atoms with E-state index in [0.717, 1.165) is 16.8 Å². The molecule has 1 aliphatic heterocycles. The summed E-state index contributed by atoms with van der Waals surface area (Å²) in [6.07, 6.45) is 2.97. The number of furan rings is 1. The molecule has 2 heterocycles. The van der Waals surface area contributed by atoms with Crippen molar-refractivity contribution in [3.8, 4) is 0 Å². The van der Waals surface area contributed by atoms with Gasteiger partial charge in [-0.25, -0.2) is 4.79 Å². The van der Waals surface area contributed by atoms with Crippen molar-refractivity contribution in [1.82, 2.24) is 10.4 Å². The normalized spacial score (nSPS) is 15.6.